The van der Waals surface area contributed by atoms with E-state index < -0.39 is 0 Å². The van der Waals surface area contributed by atoms with Crippen molar-refractivity contribution < 1.29 is 0 Å². The van der Waals surface area contributed by atoms with Gasteiger partial charge >= 0.3 is 0 Å². The fraction of sp³-hybridized carbons (Fsp3) is 0.385. The highest BCUT2D eigenvalue weighted by Crippen LogP contribution is 2.13. The van der Waals surface area contributed by atoms with Crippen molar-refractivity contribution in [2.45, 2.75) is 33.6 Å². The van der Waals surface area contributed by atoms with Crippen molar-refractivity contribution in [1.82, 2.24) is 9.38 Å². The lowest BCUT2D eigenvalue weighted by molar-refractivity contribution is 0.847. The molecule has 0 bridgehead atoms. The number of aromatic nitrogens is 2. The van der Waals surface area contributed by atoms with Crippen LogP contribution in [-0.4, -0.2) is 9.38 Å². The number of pyridine rings is 1. The summed E-state index contributed by atoms with van der Waals surface area (Å²) in [6, 6.07) is 5.35. The van der Waals surface area contributed by atoms with Gasteiger partial charge in [0.2, 0.25) is 0 Å². The predicted octanol–water partition coefficient (Wildman–Crippen LogP) is 2.84. The molecule has 0 radical (unpaired) electrons. The zero-order valence-electron chi connectivity index (χ0n) is 10.3. The van der Waals surface area contributed by atoms with Crippen molar-refractivity contribution in [3.63, 3.8) is 0 Å². The SMILES string of the molecule is CC.CC(C)c1ccc2nccc(=O)n2c1. The van der Waals surface area contributed by atoms with Gasteiger partial charge in [0.15, 0.2) is 0 Å². The molecule has 0 saturated heterocycles. The highest BCUT2D eigenvalue weighted by atomic mass is 16.1. The highest BCUT2D eigenvalue weighted by molar-refractivity contribution is 5.39. The van der Waals surface area contributed by atoms with E-state index in [4.69, 9.17) is 0 Å². The summed E-state index contributed by atoms with van der Waals surface area (Å²) < 4.78 is 1.58. The molecule has 16 heavy (non-hydrogen) atoms. The molecule has 0 aliphatic heterocycles. The normalized spacial score (nSPS) is 10.1. The summed E-state index contributed by atoms with van der Waals surface area (Å²) in [4.78, 5) is 15.6. The first-order valence-corrected chi connectivity index (χ1v) is 5.66. The summed E-state index contributed by atoms with van der Waals surface area (Å²) in [5.74, 6) is 0.423. The standard InChI is InChI=1S/C11H12N2O.C2H6/c1-8(2)9-3-4-10-12-6-5-11(14)13(10)7-9;1-2/h3-8H,1-2H3;1-2H3. The topological polar surface area (TPSA) is 34.4 Å². The van der Waals surface area contributed by atoms with Crippen LogP contribution in [0.5, 0.6) is 0 Å². The Morgan fingerprint density at radius 2 is 1.88 bits per heavy atom. The first kappa shape index (κ1) is 12.4. The van der Waals surface area contributed by atoms with Crippen LogP contribution in [0.25, 0.3) is 5.65 Å². The van der Waals surface area contributed by atoms with E-state index in [9.17, 15) is 4.79 Å². The maximum atomic E-state index is 11.5. The number of hydrogen-bond acceptors (Lipinski definition) is 2. The van der Waals surface area contributed by atoms with Crippen molar-refractivity contribution in [1.29, 1.82) is 0 Å². The van der Waals surface area contributed by atoms with Crippen LogP contribution >= 0.6 is 0 Å². The van der Waals surface area contributed by atoms with Gasteiger partial charge in [-0.2, -0.15) is 0 Å². The lowest BCUT2D eigenvalue weighted by Gasteiger charge is -2.06. The minimum absolute atomic E-state index is 0.0301. The summed E-state index contributed by atoms with van der Waals surface area (Å²) in [5.41, 5.74) is 1.81. The molecule has 3 nitrogen and oxygen atoms in total. The second-order valence-corrected chi connectivity index (χ2v) is 3.63. The van der Waals surface area contributed by atoms with E-state index in [0.29, 0.717) is 11.6 Å². The summed E-state index contributed by atoms with van der Waals surface area (Å²) >= 11 is 0. The van der Waals surface area contributed by atoms with Crippen molar-refractivity contribution in [2.75, 3.05) is 0 Å². The maximum Gasteiger partial charge on any atom is 0.257 e. The maximum absolute atomic E-state index is 11.5. The molecule has 86 valence electrons. The van der Waals surface area contributed by atoms with E-state index in [1.54, 1.807) is 4.40 Å². The van der Waals surface area contributed by atoms with Gasteiger partial charge in [-0.05, 0) is 17.5 Å². The Hall–Kier alpha value is -1.64. The summed E-state index contributed by atoms with van der Waals surface area (Å²) in [6.45, 7) is 8.20. The molecule has 2 heterocycles. The zero-order chi connectivity index (χ0) is 12.1. The van der Waals surface area contributed by atoms with Crippen molar-refractivity contribution >= 4 is 5.65 Å². The first-order chi connectivity index (χ1) is 7.68. The van der Waals surface area contributed by atoms with Crippen LogP contribution < -0.4 is 5.56 Å². The van der Waals surface area contributed by atoms with Crippen LogP contribution in [0.3, 0.4) is 0 Å². The van der Waals surface area contributed by atoms with Crippen LogP contribution in [0, 0.1) is 0 Å². The minimum Gasteiger partial charge on any atom is -0.269 e. The van der Waals surface area contributed by atoms with Gasteiger partial charge < -0.3 is 0 Å². The Morgan fingerprint density at radius 3 is 2.50 bits per heavy atom. The quantitative estimate of drug-likeness (QED) is 0.737. The van der Waals surface area contributed by atoms with E-state index in [2.05, 4.69) is 18.8 Å². The Balaban J connectivity index is 0.000000606. The lowest BCUT2D eigenvalue weighted by Crippen LogP contribution is -2.13. The third kappa shape index (κ3) is 2.48. The fourth-order valence-corrected chi connectivity index (χ4v) is 1.39. The van der Waals surface area contributed by atoms with Crippen molar-refractivity contribution in [3.8, 4) is 0 Å². The van der Waals surface area contributed by atoms with Crippen LogP contribution in [-0.2, 0) is 0 Å². The number of rotatable bonds is 1. The van der Waals surface area contributed by atoms with Gasteiger partial charge in [-0.15, -0.1) is 0 Å². The number of fused-ring (bicyclic) bond motifs is 1. The molecular weight excluding hydrogens is 200 g/mol. The van der Waals surface area contributed by atoms with E-state index in [1.807, 2.05) is 32.2 Å². The van der Waals surface area contributed by atoms with Crippen molar-refractivity contribution in [3.05, 3.63) is 46.5 Å². The van der Waals surface area contributed by atoms with Gasteiger partial charge in [0.1, 0.15) is 5.65 Å². The molecule has 0 aliphatic carbocycles. The smallest absolute Gasteiger partial charge is 0.257 e. The molecule has 0 aromatic carbocycles. The summed E-state index contributed by atoms with van der Waals surface area (Å²) in [7, 11) is 0. The zero-order valence-corrected chi connectivity index (χ0v) is 10.3. The average molecular weight is 218 g/mol. The predicted molar refractivity (Wildman–Crippen MR) is 66.9 cm³/mol. The summed E-state index contributed by atoms with van der Waals surface area (Å²) in [5, 5.41) is 0. The fourth-order valence-electron chi connectivity index (χ4n) is 1.39. The molecule has 2 aromatic rings. The molecule has 0 atom stereocenters. The Bertz CT molecular complexity index is 515. The molecule has 2 aromatic heterocycles. The molecule has 0 aliphatic rings. The van der Waals surface area contributed by atoms with Crippen molar-refractivity contribution in [2.24, 2.45) is 0 Å². The van der Waals surface area contributed by atoms with E-state index in [1.165, 1.54) is 12.3 Å². The summed E-state index contributed by atoms with van der Waals surface area (Å²) in [6.07, 6.45) is 3.39. The van der Waals surface area contributed by atoms with Crippen LogP contribution in [0.15, 0.2) is 35.4 Å². The first-order valence-electron chi connectivity index (χ1n) is 5.66. The second kappa shape index (κ2) is 5.45. The molecule has 0 fully saturated rings. The third-order valence-electron chi connectivity index (χ3n) is 2.28. The molecule has 3 heteroatoms. The van der Waals surface area contributed by atoms with Gasteiger partial charge in [-0.3, -0.25) is 9.20 Å². The number of hydrogen-bond donors (Lipinski definition) is 0. The molecule has 0 N–H and O–H groups in total. The van der Waals surface area contributed by atoms with Gasteiger partial charge in [0.05, 0.1) is 0 Å². The Morgan fingerprint density at radius 1 is 1.19 bits per heavy atom. The average Bonchev–Trinajstić information content (AvgIpc) is 2.32. The lowest BCUT2D eigenvalue weighted by atomic mass is 10.1. The van der Waals surface area contributed by atoms with E-state index >= 15 is 0 Å². The molecular formula is C13H18N2O. The monoisotopic (exact) mass is 218 g/mol. The molecule has 0 saturated carbocycles. The van der Waals surface area contributed by atoms with Crippen LogP contribution in [0.4, 0.5) is 0 Å². The molecule has 2 rings (SSSR count). The third-order valence-corrected chi connectivity index (χ3v) is 2.28. The van der Waals surface area contributed by atoms with Gasteiger partial charge in [-0.1, -0.05) is 33.8 Å². The Labute approximate surface area is 95.8 Å². The largest absolute Gasteiger partial charge is 0.269 e. The minimum atomic E-state index is -0.0301. The Kier molecular flexibility index (Phi) is 4.23. The molecule has 0 amide bonds. The van der Waals surface area contributed by atoms with Gasteiger partial charge in [0, 0.05) is 18.5 Å². The second-order valence-electron chi connectivity index (χ2n) is 3.63. The van der Waals surface area contributed by atoms with Crippen LogP contribution in [0.2, 0.25) is 0 Å². The highest BCUT2D eigenvalue weighted by Gasteiger charge is 2.01. The van der Waals surface area contributed by atoms with Gasteiger partial charge in [-0.25, -0.2) is 4.98 Å². The van der Waals surface area contributed by atoms with Gasteiger partial charge in [0.25, 0.3) is 5.56 Å². The molecule has 0 spiro atoms. The van der Waals surface area contributed by atoms with E-state index in [-0.39, 0.29) is 5.56 Å². The number of nitrogens with zero attached hydrogens (tertiary/aromatic N) is 2. The van der Waals surface area contributed by atoms with E-state index in [0.717, 1.165) is 5.56 Å². The van der Waals surface area contributed by atoms with Crippen LogP contribution in [0.1, 0.15) is 39.2 Å². The molecule has 0 unspecified atom stereocenters.